The predicted octanol–water partition coefficient (Wildman–Crippen LogP) is 4.72. The highest BCUT2D eigenvalue weighted by Gasteiger charge is 2.25. The molecule has 1 fully saturated rings. The van der Waals surface area contributed by atoms with E-state index in [1.165, 1.54) is 17.4 Å². The Labute approximate surface area is 203 Å². The molecule has 0 radical (unpaired) electrons. The molecule has 2 aliphatic heterocycles. The molecule has 0 bridgehead atoms. The number of hydrogen-bond acceptors (Lipinski definition) is 8. The van der Waals surface area contributed by atoms with Gasteiger partial charge < -0.3 is 29.9 Å². The molecular weight excluding hydrogens is 453 g/mol. The van der Waals surface area contributed by atoms with Gasteiger partial charge in [-0.1, -0.05) is 11.3 Å². The first-order chi connectivity index (χ1) is 16.5. The molecule has 9 heteroatoms. The van der Waals surface area contributed by atoms with Crippen molar-refractivity contribution in [1.29, 1.82) is 0 Å². The van der Waals surface area contributed by atoms with Crippen molar-refractivity contribution in [1.82, 2.24) is 10.3 Å². The van der Waals surface area contributed by atoms with Gasteiger partial charge in [0.25, 0.3) is 0 Å². The van der Waals surface area contributed by atoms with Crippen molar-refractivity contribution in [3.63, 3.8) is 0 Å². The Morgan fingerprint density at radius 2 is 1.97 bits per heavy atom. The smallest absolute Gasteiger partial charge is 0.187 e. The molecule has 0 aliphatic carbocycles. The lowest BCUT2D eigenvalue weighted by Gasteiger charge is -2.34. The first-order valence-corrected chi connectivity index (χ1v) is 12.4. The molecule has 5 rings (SSSR count). The summed E-state index contributed by atoms with van der Waals surface area (Å²) in [6.45, 7) is 9.30. The van der Waals surface area contributed by atoms with Crippen LogP contribution in [0.5, 0.6) is 11.5 Å². The molecule has 0 saturated carbocycles. The lowest BCUT2D eigenvalue weighted by molar-refractivity contribution is 0.287. The second-order valence-electron chi connectivity index (χ2n) is 8.72. The predicted molar refractivity (Wildman–Crippen MR) is 137 cm³/mol. The summed E-state index contributed by atoms with van der Waals surface area (Å²) in [4.78, 5) is 9.93. The van der Waals surface area contributed by atoms with Crippen molar-refractivity contribution in [2.24, 2.45) is 0 Å². The van der Waals surface area contributed by atoms with Gasteiger partial charge in [0.2, 0.25) is 0 Å². The van der Waals surface area contributed by atoms with E-state index in [-0.39, 0.29) is 11.9 Å². The molecule has 7 nitrogen and oxygen atoms in total. The monoisotopic (exact) mass is 483 g/mol. The number of methoxy groups -OCH3 is 1. The Bertz CT molecular complexity index is 1160. The van der Waals surface area contributed by atoms with Crippen LogP contribution >= 0.6 is 11.3 Å². The van der Waals surface area contributed by atoms with E-state index in [9.17, 15) is 4.39 Å². The zero-order valence-corrected chi connectivity index (χ0v) is 20.5. The lowest BCUT2D eigenvalue weighted by Crippen LogP contribution is -2.43. The number of halogens is 1. The maximum absolute atomic E-state index is 14.9. The number of nitrogens with zero attached hydrogens (tertiary/aromatic N) is 3. The van der Waals surface area contributed by atoms with Gasteiger partial charge in [0.1, 0.15) is 12.4 Å². The van der Waals surface area contributed by atoms with E-state index in [2.05, 4.69) is 45.3 Å². The van der Waals surface area contributed by atoms with Gasteiger partial charge in [0.05, 0.1) is 29.9 Å². The molecule has 2 aliphatic rings. The highest BCUT2D eigenvalue weighted by atomic mass is 32.1. The van der Waals surface area contributed by atoms with Crippen molar-refractivity contribution in [2.75, 3.05) is 61.6 Å². The fourth-order valence-corrected chi connectivity index (χ4v) is 5.32. The number of aromatic nitrogens is 1. The van der Waals surface area contributed by atoms with Crippen LogP contribution in [0.15, 0.2) is 36.5 Å². The normalized spacial score (nSPS) is 15.8. The number of ether oxygens (including phenoxy) is 2. The number of anilines is 4. The quantitative estimate of drug-likeness (QED) is 0.526. The largest absolute Gasteiger partial charge is 0.495 e. The van der Waals surface area contributed by atoms with Gasteiger partial charge >= 0.3 is 0 Å². The number of benzene rings is 2. The molecule has 34 heavy (non-hydrogen) atoms. The number of fused-ring (bicyclic) bond motifs is 1. The highest BCUT2D eigenvalue weighted by molar-refractivity contribution is 7.18. The molecule has 2 aromatic carbocycles. The molecule has 0 atom stereocenters. The van der Waals surface area contributed by atoms with Crippen LogP contribution in [-0.4, -0.2) is 57.5 Å². The molecule has 3 heterocycles. The van der Waals surface area contributed by atoms with Crippen LogP contribution in [-0.2, 0) is 0 Å². The van der Waals surface area contributed by atoms with Crippen molar-refractivity contribution in [3.8, 4) is 21.9 Å². The van der Waals surface area contributed by atoms with E-state index in [0.29, 0.717) is 12.4 Å². The Morgan fingerprint density at radius 1 is 1.15 bits per heavy atom. The van der Waals surface area contributed by atoms with Crippen LogP contribution < -0.4 is 29.9 Å². The fourth-order valence-electron chi connectivity index (χ4n) is 4.49. The summed E-state index contributed by atoms with van der Waals surface area (Å²) >= 11 is 1.49. The first kappa shape index (κ1) is 22.7. The van der Waals surface area contributed by atoms with Crippen LogP contribution in [0.1, 0.15) is 13.8 Å². The van der Waals surface area contributed by atoms with Crippen LogP contribution in [0.2, 0.25) is 0 Å². The molecule has 0 amide bonds. The van der Waals surface area contributed by atoms with Crippen molar-refractivity contribution < 1.29 is 13.9 Å². The lowest BCUT2D eigenvalue weighted by atomic mass is 10.1. The molecule has 2 N–H and O–H groups in total. The minimum absolute atomic E-state index is 0.259. The summed E-state index contributed by atoms with van der Waals surface area (Å²) in [5.41, 5.74) is 3.58. The van der Waals surface area contributed by atoms with E-state index in [1.54, 1.807) is 13.3 Å². The molecule has 1 saturated heterocycles. The third-order valence-corrected chi connectivity index (χ3v) is 7.18. The average Bonchev–Trinajstić information content (AvgIpc) is 3.32. The third-order valence-electron chi connectivity index (χ3n) is 6.21. The summed E-state index contributed by atoms with van der Waals surface area (Å²) < 4.78 is 26.2. The maximum atomic E-state index is 14.9. The molecule has 180 valence electrons. The van der Waals surface area contributed by atoms with Crippen LogP contribution in [0.3, 0.4) is 0 Å². The fraction of sp³-hybridized carbons (Fsp3) is 0.400. The number of thiazole rings is 1. The number of hydrogen-bond donors (Lipinski definition) is 2. The summed E-state index contributed by atoms with van der Waals surface area (Å²) in [6.07, 6.45) is 1.78. The van der Waals surface area contributed by atoms with E-state index < -0.39 is 0 Å². The van der Waals surface area contributed by atoms with E-state index in [1.807, 2.05) is 18.2 Å². The average molecular weight is 484 g/mol. The summed E-state index contributed by atoms with van der Waals surface area (Å²) in [6, 6.07) is 9.91. The Hall–Kier alpha value is -3.04. The van der Waals surface area contributed by atoms with Crippen LogP contribution in [0, 0.1) is 5.82 Å². The summed E-state index contributed by atoms with van der Waals surface area (Å²) in [5, 5.41) is 7.48. The standard InChI is InChI=1S/C25H30FN5O2S/c1-16(2)31-10-11-33-24-19(26)12-17(13-21(24)31)23-15-28-25(34-23)29-18-4-5-20(22(14-18)32-3)30-8-6-27-7-9-30/h4-5,12-16,27H,6-11H2,1-3H3,(H,28,29). The first-order valence-electron chi connectivity index (χ1n) is 11.6. The van der Waals surface area contributed by atoms with Gasteiger partial charge in [-0.15, -0.1) is 0 Å². The zero-order chi connectivity index (χ0) is 23.7. The van der Waals surface area contributed by atoms with Gasteiger partial charge in [0.15, 0.2) is 16.7 Å². The molecule has 1 aromatic heterocycles. The van der Waals surface area contributed by atoms with Crippen molar-refractivity contribution in [3.05, 3.63) is 42.3 Å². The van der Waals surface area contributed by atoms with Crippen molar-refractivity contribution in [2.45, 2.75) is 19.9 Å². The molecule has 0 spiro atoms. The number of piperazine rings is 1. The van der Waals surface area contributed by atoms with E-state index in [4.69, 9.17) is 9.47 Å². The minimum Gasteiger partial charge on any atom is -0.495 e. The van der Waals surface area contributed by atoms with Crippen molar-refractivity contribution >= 4 is 33.5 Å². The molecule has 0 unspecified atom stereocenters. The van der Waals surface area contributed by atoms with Crippen LogP contribution in [0.25, 0.3) is 10.4 Å². The Morgan fingerprint density at radius 3 is 2.74 bits per heavy atom. The minimum atomic E-state index is -0.339. The Kier molecular flexibility index (Phi) is 6.47. The van der Waals surface area contributed by atoms with Gasteiger partial charge in [-0.05, 0) is 43.7 Å². The van der Waals surface area contributed by atoms with Gasteiger partial charge in [-0.2, -0.15) is 0 Å². The SMILES string of the molecule is COc1cc(Nc2ncc(-c3cc(F)c4c(c3)N(C(C)C)CCO4)s2)ccc1N1CCNCC1. The second kappa shape index (κ2) is 9.68. The van der Waals surface area contributed by atoms with Gasteiger partial charge in [-0.25, -0.2) is 9.37 Å². The Balaban J connectivity index is 1.38. The second-order valence-corrected chi connectivity index (χ2v) is 9.75. The zero-order valence-electron chi connectivity index (χ0n) is 19.7. The summed E-state index contributed by atoms with van der Waals surface area (Å²) in [7, 11) is 1.70. The number of rotatable bonds is 6. The van der Waals surface area contributed by atoms with E-state index >= 15 is 0 Å². The number of nitrogens with one attached hydrogen (secondary N) is 2. The van der Waals surface area contributed by atoms with Crippen LogP contribution in [0.4, 0.5) is 26.6 Å². The topological polar surface area (TPSA) is 61.9 Å². The highest BCUT2D eigenvalue weighted by Crippen LogP contribution is 2.41. The van der Waals surface area contributed by atoms with Gasteiger partial charge in [0, 0.05) is 50.2 Å². The van der Waals surface area contributed by atoms with Gasteiger partial charge in [-0.3, -0.25) is 0 Å². The third kappa shape index (κ3) is 4.50. The molecule has 3 aromatic rings. The summed E-state index contributed by atoms with van der Waals surface area (Å²) in [5.74, 6) is 0.825. The maximum Gasteiger partial charge on any atom is 0.187 e. The van der Waals surface area contributed by atoms with E-state index in [0.717, 1.165) is 71.1 Å². The molecular formula is C25H30FN5O2S.